The van der Waals surface area contributed by atoms with Crippen molar-refractivity contribution < 1.29 is 35.9 Å². The number of nitrogens with one attached hydrogen (secondary N) is 1. The zero-order valence-electron chi connectivity index (χ0n) is 14.8. The van der Waals surface area contributed by atoms with Gasteiger partial charge in [0.25, 0.3) is 0 Å². The molecule has 0 saturated carbocycles. The Labute approximate surface area is 164 Å². The first-order chi connectivity index (χ1) is 13.5. The van der Waals surface area contributed by atoms with Gasteiger partial charge in [0, 0.05) is 6.54 Å². The summed E-state index contributed by atoms with van der Waals surface area (Å²) >= 11 is 0. The van der Waals surface area contributed by atoms with Crippen molar-refractivity contribution >= 4 is 22.1 Å². The van der Waals surface area contributed by atoms with E-state index in [9.17, 15) is 31.2 Å². The highest BCUT2D eigenvalue weighted by Gasteiger charge is 2.33. The van der Waals surface area contributed by atoms with Gasteiger partial charge >= 0.3 is 22.4 Å². The third-order valence-electron chi connectivity index (χ3n) is 4.08. The van der Waals surface area contributed by atoms with Gasteiger partial charge < -0.3 is 4.74 Å². The van der Waals surface area contributed by atoms with Crippen LogP contribution in [-0.4, -0.2) is 31.1 Å². The lowest BCUT2D eigenvalue weighted by Gasteiger charge is -2.12. The number of amides is 1. The van der Waals surface area contributed by atoms with E-state index in [0.29, 0.717) is 5.56 Å². The SMILES string of the molecule is O=C1CN(Cc2ccc(C(=O)OCc3cccc(C(F)(F)F)c3)cc2)S(=O)(=O)N1. The second-order valence-electron chi connectivity index (χ2n) is 6.27. The molecular weight excluding hydrogens is 413 g/mol. The molecule has 11 heteroatoms. The van der Waals surface area contributed by atoms with Crippen LogP contribution in [0.1, 0.15) is 27.0 Å². The minimum Gasteiger partial charge on any atom is -0.457 e. The third kappa shape index (κ3) is 5.12. The molecule has 1 N–H and O–H groups in total. The minimum atomic E-state index is -4.49. The molecule has 0 bridgehead atoms. The predicted molar refractivity (Wildman–Crippen MR) is 94.5 cm³/mol. The van der Waals surface area contributed by atoms with E-state index in [1.807, 2.05) is 4.72 Å². The monoisotopic (exact) mass is 428 g/mol. The highest BCUT2D eigenvalue weighted by Crippen LogP contribution is 2.29. The van der Waals surface area contributed by atoms with Crippen LogP contribution in [0.25, 0.3) is 0 Å². The van der Waals surface area contributed by atoms with Crippen molar-refractivity contribution in [3.05, 3.63) is 70.8 Å². The van der Waals surface area contributed by atoms with Crippen molar-refractivity contribution in [1.82, 2.24) is 9.03 Å². The number of ether oxygens (including phenoxy) is 1. The maximum Gasteiger partial charge on any atom is 0.416 e. The topological polar surface area (TPSA) is 92.8 Å². The average molecular weight is 428 g/mol. The van der Waals surface area contributed by atoms with Crippen LogP contribution in [0.5, 0.6) is 0 Å². The molecule has 1 fully saturated rings. The lowest BCUT2D eigenvalue weighted by molar-refractivity contribution is -0.137. The number of carbonyl (C=O) groups is 2. The lowest BCUT2D eigenvalue weighted by atomic mass is 10.1. The van der Waals surface area contributed by atoms with E-state index in [1.54, 1.807) is 0 Å². The molecule has 0 aromatic heterocycles. The first-order valence-electron chi connectivity index (χ1n) is 8.27. The summed E-state index contributed by atoms with van der Waals surface area (Å²) in [5.41, 5.74) is 0.0557. The number of alkyl halides is 3. The molecule has 3 rings (SSSR count). The van der Waals surface area contributed by atoms with E-state index in [2.05, 4.69) is 0 Å². The molecule has 0 aliphatic carbocycles. The van der Waals surface area contributed by atoms with Gasteiger partial charge in [-0.05, 0) is 35.4 Å². The molecule has 1 aliphatic rings. The van der Waals surface area contributed by atoms with Crippen molar-refractivity contribution in [2.24, 2.45) is 0 Å². The van der Waals surface area contributed by atoms with Crippen molar-refractivity contribution in [3.63, 3.8) is 0 Å². The van der Waals surface area contributed by atoms with Gasteiger partial charge in [-0.15, -0.1) is 0 Å². The summed E-state index contributed by atoms with van der Waals surface area (Å²) in [5.74, 6) is -1.36. The van der Waals surface area contributed by atoms with Gasteiger partial charge in [-0.25, -0.2) is 9.52 Å². The number of nitrogens with zero attached hydrogens (tertiary/aromatic N) is 1. The van der Waals surface area contributed by atoms with Gasteiger partial charge in [-0.2, -0.15) is 25.9 Å². The first kappa shape index (κ1) is 20.8. The van der Waals surface area contributed by atoms with E-state index in [1.165, 1.54) is 36.4 Å². The van der Waals surface area contributed by atoms with Crippen LogP contribution in [0.2, 0.25) is 0 Å². The molecule has 154 valence electrons. The molecule has 2 aromatic carbocycles. The summed E-state index contributed by atoms with van der Waals surface area (Å²) in [7, 11) is -3.85. The number of rotatable bonds is 5. The number of hydrogen-bond donors (Lipinski definition) is 1. The van der Waals surface area contributed by atoms with Gasteiger partial charge in [0.2, 0.25) is 5.91 Å². The molecule has 7 nitrogen and oxygen atoms in total. The maximum absolute atomic E-state index is 12.7. The minimum absolute atomic E-state index is 0.0549. The standard InChI is InChI=1S/C18H15F3N2O5S/c19-18(20,21)15-3-1-2-13(8-15)11-28-17(25)14-6-4-12(5-7-14)9-23-10-16(24)22-29(23,26)27/h1-8H,9-11H2,(H,22,24). The van der Waals surface area contributed by atoms with Crippen LogP contribution in [0, 0.1) is 0 Å². The molecule has 29 heavy (non-hydrogen) atoms. The van der Waals surface area contributed by atoms with Crippen LogP contribution >= 0.6 is 0 Å². The summed E-state index contributed by atoms with van der Waals surface area (Å²) in [6.45, 7) is -0.673. The first-order valence-corrected chi connectivity index (χ1v) is 9.71. The van der Waals surface area contributed by atoms with E-state index >= 15 is 0 Å². The molecule has 0 radical (unpaired) electrons. The Bertz CT molecular complexity index is 1040. The molecule has 1 aliphatic heterocycles. The Morgan fingerprint density at radius 1 is 1.10 bits per heavy atom. The number of hydrogen-bond acceptors (Lipinski definition) is 5. The van der Waals surface area contributed by atoms with Crippen molar-refractivity contribution in [2.75, 3.05) is 6.54 Å². The Morgan fingerprint density at radius 3 is 2.38 bits per heavy atom. The van der Waals surface area contributed by atoms with Gasteiger partial charge in [0.15, 0.2) is 0 Å². The fourth-order valence-corrected chi connectivity index (χ4v) is 3.73. The summed E-state index contributed by atoms with van der Waals surface area (Å²) < 4.78 is 69.4. The summed E-state index contributed by atoms with van der Waals surface area (Å²) in [6.07, 6.45) is -4.49. The second kappa shape index (κ2) is 7.84. The molecule has 2 aromatic rings. The van der Waals surface area contributed by atoms with Crippen LogP contribution in [0.15, 0.2) is 48.5 Å². The fourth-order valence-electron chi connectivity index (χ4n) is 2.65. The summed E-state index contributed by atoms with van der Waals surface area (Å²) in [5, 5.41) is 0. The summed E-state index contributed by atoms with van der Waals surface area (Å²) in [6, 6.07) is 10.3. The van der Waals surface area contributed by atoms with Crippen molar-refractivity contribution in [2.45, 2.75) is 19.3 Å². The van der Waals surface area contributed by atoms with E-state index in [4.69, 9.17) is 4.74 Å². The van der Waals surface area contributed by atoms with Crippen molar-refractivity contribution in [3.8, 4) is 0 Å². The van der Waals surface area contributed by atoms with Gasteiger partial charge in [0.1, 0.15) is 6.61 Å². The largest absolute Gasteiger partial charge is 0.457 e. The average Bonchev–Trinajstić information content (AvgIpc) is 2.91. The zero-order valence-corrected chi connectivity index (χ0v) is 15.6. The zero-order chi connectivity index (χ0) is 21.2. The molecule has 0 spiro atoms. The molecule has 0 atom stereocenters. The number of esters is 1. The quantitative estimate of drug-likeness (QED) is 0.738. The fraction of sp³-hybridized carbons (Fsp3) is 0.222. The highest BCUT2D eigenvalue weighted by atomic mass is 32.2. The van der Waals surface area contributed by atoms with Crippen LogP contribution in [0.3, 0.4) is 0 Å². The third-order valence-corrected chi connectivity index (χ3v) is 5.50. The molecule has 1 heterocycles. The second-order valence-corrected chi connectivity index (χ2v) is 7.94. The van der Waals surface area contributed by atoms with Gasteiger partial charge in [0.05, 0.1) is 17.7 Å². The highest BCUT2D eigenvalue weighted by molar-refractivity contribution is 7.88. The van der Waals surface area contributed by atoms with Gasteiger partial charge in [-0.3, -0.25) is 4.79 Å². The molecule has 1 amide bonds. The van der Waals surface area contributed by atoms with Crippen molar-refractivity contribution in [1.29, 1.82) is 0 Å². The van der Waals surface area contributed by atoms with Crippen LogP contribution in [0.4, 0.5) is 13.2 Å². The number of halogens is 3. The Balaban J connectivity index is 1.60. The summed E-state index contributed by atoms with van der Waals surface area (Å²) in [4.78, 5) is 23.3. The lowest BCUT2D eigenvalue weighted by Crippen LogP contribution is -2.29. The normalized spacial score (nSPS) is 16.4. The van der Waals surface area contributed by atoms with E-state index < -0.39 is 33.8 Å². The maximum atomic E-state index is 12.7. The molecule has 1 saturated heterocycles. The Hall–Kier alpha value is -2.92. The van der Waals surface area contributed by atoms with Crippen LogP contribution < -0.4 is 4.72 Å². The smallest absolute Gasteiger partial charge is 0.416 e. The van der Waals surface area contributed by atoms with Gasteiger partial charge in [-0.1, -0.05) is 24.3 Å². The Kier molecular flexibility index (Phi) is 5.62. The van der Waals surface area contributed by atoms with E-state index in [-0.39, 0.29) is 30.8 Å². The van der Waals surface area contributed by atoms with E-state index in [0.717, 1.165) is 16.4 Å². The predicted octanol–water partition coefficient (Wildman–Crippen LogP) is 2.24. The molecule has 0 unspecified atom stereocenters. The Morgan fingerprint density at radius 2 is 1.79 bits per heavy atom. The molecular formula is C18H15F3N2O5S. The number of carbonyl (C=O) groups excluding carboxylic acids is 2. The number of benzene rings is 2. The van der Waals surface area contributed by atoms with Crippen LogP contribution in [-0.2, 0) is 39.1 Å².